The molecule has 2 heterocycles. The summed E-state index contributed by atoms with van der Waals surface area (Å²) in [4.78, 5) is 38.1. The van der Waals surface area contributed by atoms with E-state index in [-0.39, 0.29) is 39.8 Å². The molecule has 32 heavy (non-hydrogen) atoms. The molecule has 3 rings (SSSR count). The topological polar surface area (TPSA) is 116 Å². The number of hydrogen-bond donors (Lipinski definition) is 0. The summed E-state index contributed by atoms with van der Waals surface area (Å²) >= 11 is 1.20. The molecule has 1 fully saturated rings. The largest absolute Gasteiger partial charge is 0.448 e. The third kappa shape index (κ3) is 5.63. The van der Waals surface area contributed by atoms with Gasteiger partial charge in [-0.2, -0.15) is 0 Å². The van der Waals surface area contributed by atoms with Gasteiger partial charge < -0.3 is 14.2 Å². The van der Waals surface area contributed by atoms with Crippen molar-refractivity contribution in [3.8, 4) is 5.75 Å². The van der Waals surface area contributed by atoms with Crippen LogP contribution in [0.5, 0.6) is 5.75 Å². The molecule has 0 unspecified atom stereocenters. The Hall–Kier alpha value is -2.53. The van der Waals surface area contributed by atoms with E-state index < -0.39 is 28.1 Å². The SMILES string of the molecule is CCCCCC(=O)O[C@@H](C)OC(=O)C1=C(Oc2ccc(S(C)(=O)=O)cc2)S[C@@H]2CC(=O)N12. The monoisotopic (exact) mass is 483 g/mol. The van der Waals surface area contributed by atoms with Gasteiger partial charge in [-0.3, -0.25) is 14.5 Å². The van der Waals surface area contributed by atoms with Crippen molar-refractivity contribution in [3.63, 3.8) is 0 Å². The van der Waals surface area contributed by atoms with Crippen molar-refractivity contribution in [2.24, 2.45) is 0 Å². The molecule has 2 aliphatic rings. The Labute approximate surface area is 191 Å². The maximum atomic E-state index is 12.8. The van der Waals surface area contributed by atoms with Crippen LogP contribution in [-0.4, -0.2) is 49.1 Å². The predicted octanol–water partition coefficient (Wildman–Crippen LogP) is 2.96. The molecule has 174 valence electrons. The fraction of sp³-hybridized carbons (Fsp3) is 0.476. The zero-order valence-electron chi connectivity index (χ0n) is 18.0. The van der Waals surface area contributed by atoms with Crippen molar-refractivity contribution in [3.05, 3.63) is 35.1 Å². The molecule has 2 atom stereocenters. The van der Waals surface area contributed by atoms with E-state index in [4.69, 9.17) is 14.2 Å². The van der Waals surface area contributed by atoms with E-state index in [9.17, 15) is 22.8 Å². The summed E-state index contributed by atoms with van der Waals surface area (Å²) in [5.41, 5.74) is -0.0580. The van der Waals surface area contributed by atoms with Gasteiger partial charge in [0.25, 0.3) is 0 Å². The minimum Gasteiger partial charge on any atom is -0.448 e. The van der Waals surface area contributed by atoms with Crippen LogP contribution in [-0.2, 0) is 33.7 Å². The first-order valence-electron chi connectivity index (χ1n) is 10.2. The standard InChI is InChI=1S/C21H25NO8S2/c1-4-5-6-7-18(24)28-13(2)29-20(25)19-21(31-17-12-16(23)22(17)19)30-14-8-10-15(11-9-14)32(3,26)27/h8-11,13,17H,4-7,12H2,1-3H3/t13-,17-/m1/s1. The fourth-order valence-corrected chi connectivity index (χ4v) is 5.01. The molecule has 0 spiro atoms. The highest BCUT2D eigenvalue weighted by atomic mass is 32.2. The van der Waals surface area contributed by atoms with Crippen LogP contribution < -0.4 is 4.74 Å². The van der Waals surface area contributed by atoms with Gasteiger partial charge in [0, 0.05) is 19.6 Å². The van der Waals surface area contributed by atoms with E-state index in [0.717, 1.165) is 19.1 Å². The number of ether oxygens (including phenoxy) is 3. The van der Waals surface area contributed by atoms with Crippen LogP contribution in [0.2, 0.25) is 0 Å². The van der Waals surface area contributed by atoms with E-state index in [0.29, 0.717) is 12.2 Å². The number of hydrogen-bond acceptors (Lipinski definition) is 9. The minimum atomic E-state index is -3.36. The first-order chi connectivity index (χ1) is 15.1. The molecule has 1 aromatic rings. The molecule has 11 heteroatoms. The molecule has 0 saturated carbocycles. The molecule has 0 N–H and O–H groups in total. The summed E-state index contributed by atoms with van der Waals surface area (Å²) in [6.45, 7) is 3.45. The number of fused-ring (bicyclic) bond motifs is 1. The van der Waals surface area contributed by atoms with E-state index in [1.54, 1.807) is 0 Å². The number of rotatable bonds is 10. The van der Waals surface area contributed by atoms with Crippen molar-refractivity contribution < 1.29 is 37.0 Å². The van der Waals surface area contributed by atoms with Crippen LogP contribution in [0.25, 0.3) is 0 Å². The fourth-order valence-electron chi connectivity index (χ4n) is 3.14. The zero-order valence-corrected chi connectivity index (χ0v) is 19.7. The van der Waals surface area contributed by atoms with Crippen molar-refractivity contribution >= 4 is 39.4 Å². The molecule has 1 saturated heterocycles. The van der Waals surface area contributed by atoms with Crippen molar-refractivity contribution in [1.29, 1.82) is 0 Å². The van der Waals surface area contributed by atoms with Gasteiger partial charge >= 0.3 is 11.9 Å². The number of unbranched alkanes of at least 4 members (excludes halogenated alkanes) is 2. The number of benzene rings is 1. The van der Waals surface area contributed by atoms with Gasteiger partial charge in [-0.15, -0.1) is 0 Å². The normalized spacial score (nSPS) is 18.7. The van der Waals surface area contributed by atoms with E-state index in [1.807, 2.05) is 6.92 Å². The third-order valence-corrected chi connectivity index (χ3v) is 7.06. The number of carbonyl (C=O) groups excluding carboxylic acids is 3. The Morgan fingerprint density at radius 2 is 1.88 bits per heavy atom. The van der Waals surface area contributed by atoms with Crippen molar-refractivity contribution in [1.82, 2.24) is 4.90 Å². The van der Waals surface area contributed by atoms with Crippen LogP contribution in [0.1, 0.15) is 46.0 Å². The Kier molecular flexibility index (Phi) is 7.50. The van der Waals surface area contributed by atoms with Crippen LogP contribution in [0.15, 0.2) is 39.9 Å². The first-order valence-corrected chi connectivity index (χ1v) is 13.0. The number of sulfone groups is 1. The summed E-state index contributed by atoms with van der Waals surface area (Å²) in [7, 11) is -3.36. The highest BCUT2D eigenvalue weighted by Gasteiger charge is 2.50. The molecular formula is C21H25NO8S2. The predicted molar refractivity (Wildman–Crippen MR) is 116 cm³/mol. The highest BCUT2D eigenvalue weighted by Crippen LogP contribution is 2.47. The number of esters is 2. The summed E-state index contributed by atoms with van der Waals surface area (Å²) in [5, 5.41) is -0.110. The van der Waals surface area contributed by atoms with E-state index in [2.05, 4.69) is 0 Å². The number of nitrogens with zero attached hydrogens (tertiary/aromatic N) is 1. The average molecular weight is 484 g/mol. The third-order valence-electron chi connectivity index (χ3n) is 4.79. The maximum absolute atomic E-state index is 12.8. The molecule has 1 amide bonds. The Bertz CT molecular complexity index is 1030. The van der Waals surface area contributed by atoms with Gasteiger partial charge in [0.05, 0.1) is 16.7 Å². The summed E-state index contributed by atoms with van der Waals surface area (Å²) in [6, 6.07) is 5.71. The van der Waals surface area contributed by atoms with Crippen molar-refractivity contribution in [2.75, 3.05) is 6.26 Å². The second-order valence-corrected chi connectivity index (χ2v) is 10.6. The number of amides is 1. The van der Waals surface area contributed by atoms with Crippen LogP contribution >= 0.6 is 11.8 Å². The molecular weight excluding hydrogens is 458 g/mol. The van der Waals surface area contributed by atoms with Crippen LogP contribution in [0.4, 0.5) is 0 Å². The van der Waals surface area contributed by atoms with Gasteiger partial charge in [-0.1, -0.05) is 31.5 Å². The van der Waals surface area contributed by atoms with Gasteiger partial charge in [0.15, 0.2) is 20.6 Å². The van der Waals surface area contributed by atoms with E-state index >= 15 is 0 Å². The lowest BCUT2D eigenvalue weighted by Crippen LogP contribution is -2.49. The van der Waals surface area contributed by atoms with Crippen molar-refractivity contribution in [2.45, 2.75) is 62.5 Å². The van der Waals surface area contributed by atoms with Gasteiger partial charge in [-0.05, 0) is 30.7 Å². The Balaban J connectivity index is 1.70. The first kappa shape index (κ1) is 24.1. The van der Waals surface area contributed by atoms with Gasteiger partial charge in [0.1, 0.15) is 5.75 Å². The number of thioether (sulfide) groups is 1. The molecule has 2 aliphatic heterocycles. The Morgan fingerprint density at radius 3 is 2.47 bits per heavy atom. The lowest BCUT2D eigenvalue weighted by atomic mass is 10.2. The highest BCUT2D eigenvalue weighted by molar-refractivity contribution is 8.03. The summed E-state index contributed by atoms with van der Waals surface area (Å²) < 4.78 is 39.4. The van der Waals surface area contributed by atoms with Gasteiger partial charge in [-0.25, -0.2) is 13.2 Å². The summed E-state index contributed by atoms with van der Waals surface area (Å²) in [5.74, 6) is -1.25. The number of β-lactam (4-membered cyclic amide) rings is 1. The van der Waals surface area contributed by atoms with E-state index in [1.165, 1.54) is 47.9 Å². The maximum Gasteiger partial charge on any atom is 0.362 e. The summed E-state index contributed by atoms with van der Waals surface area (Å²) in [6.07, 6.45) is 3.02. The zero-order chi connectivity index (χ0) is 23.5. The second kappa shape index (κ2) is 9.95. The molecule has 0 aliphatic carbocycles. The molecule has 9 nitrogen and oxygen atoms in total. The average Bonchev–Trinajstić information content (AvgIpc) is 2.99. The lowest BCUT2D eigenvalue weighted by Gasteiger charge is -2.34. The molecule has 0 radical (unpaired) electrons. The lowest BCUT2D eigenvalue weighted by molar-refractivity contribution is -0.184. The molecule has 0 bridgehead atoms. The quantitative estimate of drug-likeness (QED) is 0.214. The molecule has 0 aromatic heterocycles. The van der Waals surface area contributed by atoms with Crippen LogP contribution in [0, 0.1) is 0 Å². The molecule has 1 aromatic carbocycles. The Morgan fingerprint density at radius 1 is 1.19 bits per heavy atom. The second-order valence-electron chi connectivity index (χ2n) is 7.44. The van der Waals surface area contributed by atoms with Gasteiger partial charge in [0.2, 0.25) is 12.2 Å². The minimum absolute atomic E-state index is 0.0580. The number of carbonyl (C=O) groups is 3. The smallest absolute Gasteiger partial charge is 0.362 e. The van der Waals surface area contributed by atoms with Crippen LogP contribution in [0.3, 0.4) is 0 Å².